The Kier molecular flexibility index (Phi) is 5.92. The molecule has 4 nitrogen and oxygen atoms in total. The molecule has 0 bridgehead atoms. The minimum Gasteiger partial charge on any atom is -0.384 e. The van der Waals surface area contributed by atoms with Crippen molar-refractivity contribution in [2.75, 3.05) is 20.3 Å². The number of hydrogen-bond donors (Lipinski definition) is 2. The Morgan fingerprint density at radius 2 is 2.33 bits per heavy atom. The molecule has 4 heteroatoms. The van der Waals surface area contributed by atoms with Crippen molar-refractivity contribution in [3.8, 4) is 11.8 Å². The van der Waals surface area contributed by atoms with Crippen LogP contribution in [0.25, 0.3) is 0 Å². The molecule has 1 rings (SSSR count). The van der Waals surface area contributed by atoms with Crippen LogP contribution in [-0.2, 0) is 9.53 Å². The van der Waals surface area contributed by atoms with Crippen LogP contribution in [0.3, 0.4) is 0 Å². The molecule has 0 aromatic heterocycles. The monoisotopic (exact) mass is 247 g/mol. The number of rotatable bonds is 4. The van der Waals surface area contributed by atoms with Gasteiger partial charge >= 0.3 is 0 Å². The van der Waals surface area contributed by atoms with E-state index in [9.17, 15) is 4.79 Å². The third-order valence-electron chi connectivity index (χ3n) is 2.35. The largest absolute Gasteiger partial charge is 0.384 e. The molecule has 96 valence electrons. The summed E-state index contributed by atoms with van der Waals surface area (Å²) >= 11 is 0. The fourth-order valence-corrected chi connectivity index (χ4v) is 1.52. The number of hydrogen-bond acceptors (Lipinski definition) is 3. The van der Waals surface area contributed by atoms with E-state index in [-0.39, 0.29) is 25.2 Å². The first-order valence-electron chi connectivity index (χ1n) is 5.65. The van der Waals surface area contributed by atoms with Crippen molar-refractivity contribution in [1.29, 1.82) is 0 Å². The summed E-state index contributed by atoms with van der Waals surface area (Å²) in [4.78, 5) is 11.4. The second-order valence-corrected chi connectivity index (χ2v) is 3.81. The Bertz CT molecular complexity index is 460. The number of amides is 1. The molecule has 0 fully saturated rings. The lowest BCUT2D eigenvalue weighted by atomic mass is 10.1. The molecule has 0 radical (unpaired) electrons. The van der Waals surface area contributed by atoms with E-state index in [0.29, 0.717) is 0 Å². The van der Waals surface area contributed by atoms with E-state index in [2.05, 4.69) is 17.2 Å². The van der Waals surface area contributed by atoms with E-state index in [1.54, 1.807) is 0 Å². The van der Waals surface area contributed by atoms with Crippen molar-refractivity contribution in [1.82, 2.24) is 5.32 Å². The van der Waals surface area contributed by atoms with Gasteiger partial charge in [-0.3, -0.25) is 4.79 Å². The zero-order chi connectivity index (χ0) is 13.4. The molecule has 0 aliphatic rings. The van der Waals surface area contributed by atoms with Crippen LogP contribution in [0.15, 0.2) is 24.3 Å². The Hall–Kier alpha value is -1.83. The average Bonchev–Trinajstić information content (AvgIpc) is 2.37. The molecule has 1 aromatic rings. The molecule has 0 saturated carbocycles. The Morgan fingerprint density at radius 3 is 3.00 bits per heavy atom. The van der Waals surface area contributed by atoms with Crippen molar-refractivity contribution >= 4 is 5.91 Å². The standard InChI is InChI=1S/C14H17NO3/c1-11(15-14(17)10-18-2)13-7-3-5-12(9-13)6-4-8-16/h3,5,7,9,11,16H,8,10H2,1-2H3,(H,15,17). The quantitative estimate of drug-likeness (QED) is 0.776. The van der Waals surface area contributed by atoms with Gasteiger partial charge in [-0.15, -0.1) is 0 Å². The smallest absolute Gasteiger partial charge is 0.246 e. The van der Waals surface area contributed by atoms with Crippen molar-refractivity contribution in [3.63, 3.8) is 0 Å². The van der Waals surface area contributed by atoms with Crippen molar-refractivity contribution in [2.24, 2.45) is 0 Å². The van der Waals surface area contributed by atoms with Gasteiger partial charge < -0.3 is 15.2 Å². The van der Waals surface area contributed by atoms with E-state index in [1.807, 2.05) is 31.2 Å². The highest BCUT2D eigenvalue weighted by Crippen LogP contribution is 2.13. The number of carbonyl (C=O) groups is 1. The average molecular weight is 247 g/mol. The van der Waals surface area contributed by atoms with Gasteiger partial charge in [0.25, 0.3) is 0 Å². The summed E-state index contributed by atoms with van der Waals surface area (Å²) < 4.78 is 4.76. The first kappa shape index (κ1) is 14.2. The van der Waals surface area contributed by atoms with Gasteiger partial charge in [-0.1, -0.05) is 24.0 Å². The van der Waals surface area contributed by atoms with Crippen molar-refractivity contribution in [2.45, 2.75) is 13.0 Å². The van der Waals surface area contributed by atoms with Gasteiger partial charge in [-0.2, -0.15) is 0 Å². The first-order valence-corrected chi connectivity index (χ1v) is 5.65. The molecule has 1 amide bonds. The van der Waals surface area contributed by atoms with Crippen molar-refractivity contribution in [3.05, 3.63) is 35.4 Å². The maximum absolute atomic E-state index is 11.4. The SMILES string of the molecule is COCC(=O)NC(C)c1cccc(C#CCO)c1. The first-order chi connectivity index (χ1) is 8.67. The van der Waals surface area contributed by atoms with Crippen LogP contribution >= 0.6 is 0 Å². The number of methoxy groups -OCH3 is 1. The third-order valence-corrected chi connectivity index (χ3v) is 2.35. The third kappa shape index (κ3) is 4.58. The molecule has 0 aliphatic heterocycles. The van der Waals surface area contributed by atoms with Crippen LogP contribution in [0.1, 0.15) is 24.1 Å². The number of ether oxygens (including phenoxy) is 1. The van der Waals surface area contributed by atoms with E-state index in [0.717, 1.165) is 11.1 Å². The molecule has 0 saturated heterocycles. The van der Waals surface area contributed by atoms with Gasteiger partial charge in [-0.05, 0) is 24.6 Å². The lowest BCUT2D eigenvalue weighted by molar-refractivity contribution is -0.125. The highest BCUT2D eigenvalue weighted by atomic mass is 16.5. The molecular formula is C14H17NO3. The van der Waals surface area contributed by atoms with Gasteiger partial charge in [0, 0.05) is 12.7 Å². The summed E-state index contributed by atoms with van der Waals surface area (Å²) in [6, 6.07) is 7.43. The summed E-state index contributed by atoms with van der Waals surface area (Å²) in [6.07, 6.45) is 0. The Morgan fingerprint density at radius 1 is 1.56 bits per heavy atom. The lowest BCUT2D eigenvalue weighted by Gasteiger charge is -2.14. The number of aliphatic hydroxyl groups excluding tert-OH is 1. The molecule has 18 heavy (non-hydrogen) atoms. The predicted molar refractivity (Wildman–Crippen MR) is 68.8 cm³/mol. The molecule has 1 atom stereocenters. The Balaban J connectivity index is 2.73. The second-order valence-electron chi connectivity index (χ2n) is 3.81. The minimum absolute atomic E-state index is 0.0499. The molecule has 1 aromatic carbocycles. The predicted octanol–water partition coefficient (Wildman–Crippen LogP) is 0.854. The molecule has 0 heterocycles. The highest BCUT2D eigenvalue weighted by molar-refractivity contribution is 5.77. The zero-order valence-corrected chi connectivity index (χ0v) is 10.6. The molecule has 1 unspecified atom stereocenters. The number of benzene rings is 1. The lowest BCUT2D eigenvalue weighted by Crippen LogP contribution is -2.29. The van der Waals surface area contributed by atoms with Crippen LogP contribution in [0.4, 0.5) is 0 Å². The van der Waals surface area contributed by atoms with E-state index >= 15 is 0 Å². The molecule has 0 spiro atoms. The van der Waals surface area contributed by atoms with Crippen LogP contribution < -0.4 is 5.32 Å². The summed E-state index contributed by atoms with van der Waals surface area (Å²) in [6.45, 7) is 1.78. The highest BCUT2D eigenvalue weighted by Gasteiger charge is 2.09. The van der Waals surface area contributed by atoms with E-state index in [1.165, 1.54) is 7.11 Å². The maximum Gasteiger partial charge on any atom is 0.246 e. The van der Waals surface area contributed by atoms with Crippen LogP contribution in [0.2, 0.25) is 0 Å². The normalized spacial score (nSPS) is 11.3. The van der Waals surface area contributed by atoms with Gasteiger partial charge in [0.15, 0.2) is 0 Å². The summed E-state index contributed by atoms with van der Waals surface area (Å²) in [5.74, 6) is 5.26. The van der Waals surface area contributed by atoms with Gasteiger partial charge in [-0.25, -0.2) is 0 Å². The topological polar surface area (TPSA) is 58.6 Å². The summed E-state index contributed by atoms with van der Waals surface area (Å²) in [5.41, 5.74) is 1.78. The van der Waals surface area contributed by atoms with Crippen LogP contribution in [0, 0.1) is 11.8 Å². The van der Waals surface area contributed by atoms with Gasteiger partial charge in [0.05, 0.1) is 6.04 Å². The fourth-order valence-electron chi connectivity index (χ4n) is 1.52. The fraction of sp³-hybridized carbons (Fsp3) is 0.357. The molecule has 0 aliphatic carbocycles. The zero-order valence-electron chi connectivity index (χ0n) is 10.6. The number of carbonyl (C=O) groups excluding carboxylic acids is 1. The Labute approximate surface area is 107 Å². The van der Waals surface area contributed by atoms with Crippen LogP contribution in [0.5, 0.6) is 0 Å². The molecule has 2 N–H and O–H groups in total. The van der Waals surface area contributed by atoms with E-state index in [4.69, 9.17) is 9.84 Å². The number of aliphatic hydroxyl groups is 1. The van der Waals surface area contributed by atoms with Crippen LogP contribution in [-0.4, -0.2) is 31.3 Å². The van der Waals surface area contributed by atoms with Crippen molar-refractivity contribution < 1.29 is 14.6 Å². The van der Waals surface area contributed by atoms with Gasteiger partial charge in [0.1, 0.15) is 13.2 Å². The summed E-state index contributed by atoms with van der Waals surface area (Å²) in [7, 11) is 1.48. The number of nitrogens with one attached hydrogen (secondary N) is 1. The van der Waals surface area contributed by atoms with E-state index < -0.39 is 0 Å². The summed E-state index contributed by atoms with van der Waals surface area (Å²) in [5, 5.41) is 11.5. The second kappa shape index (κ2) is 7.49. The minimum atomic E-state index is -0.162. The maximum atomic E-state index is 11.4. The molecular weight excluding hydrogens is 230 g/mol. The van der Waals surface area contributed by atoms with Gasteiger partial charge in [0.2, 0.25) is 5.91 Å².